The highest BCUT2D eigenvalue weighted by molar-refractivity contribution is 6.03. The van der Waals surface area contributed by atoms with E-state index in [-0.39, 0.29) is 5.82 Å². The average Bonchev–Trinajstić information content (AvgIpc) is 3.51. The molecule has 7 heteroatoms. The maximum atomic E-state index is 13.8. The number of aliphatic imine (C=N–C) groups is 1. The van der Waals surface area contributed by atoms with E-state index in [0.717, 1.165) is 56.0 Å². The molecule has 5 rings (SSSR count). The molecule has 0 amide bonds. The lowest BCUT2D eigenvalue weighted by Crippen LogP contribution is -2.50. The second-order valence-corrected chi connectivity index (χ2v) is 8.50. The van der Waals surface area contributed by atoms with Gasteiger partial charge in [0.25, 0.3) is 0 Å². The number of nitrogens with zero attached hydrogens (tertiary/aromatic N) is 3. The number of piperazine rings is 1. The van der Waals surface area contributed by atoms with Crippen molar-refractivity contribution in [2.24, 2.45) is 10.4 Å². The van der Waals surface area contributed by atoms with E-state index in [4.69, 9.17) is 9.73 Å². The number of rotatable bonds is 3. The Kier molecular flexibility index (Phi) is 4.50. The summed E-state index contributed by atoms with van der Waals surface area (Å²) in [5.74, 6) is 0.858. The van der Waals surface area contributed by atoms with Gasteiger partial charge in [-0.25, -0.2) is 9.38 Å². The summed E-state index contributed by atoms with van der Waals surface area (Å²) in [6.07, 6.45) is 1.54. The van der Waals surface area contributed by atoms with Crippen LogP contribution in [0.15, 0.2) is 41.4 Å². The van der Waals surface area contributed by atoms with E-state index < -0.39 is 11.4 Å². The van der Waals surface area contributed by atoms with Crippen molar-refractivity contribution in [1.82, 2.24) is 9.80 Å². The maximum absolute atomic E-state index is 13.8. The Morgan fingerprint density at radius 2 is 1.90 bits per heavy atom. The highest BCUT2D eigenvalue weighted by Gasteiger charge is 2.51. The summed E-state index contributed by atoms with van der Waals surface area (Å²) in [5, 5.41) is 9.47. The lowest BCUT2D eigenvalue weighted by Gasteiger charge is -2.37. The number of carbonyl (C=O) groups is 1. The molecule has 0 bridgehead atoms. The fourth-order valence-corrected chi connectivity index (χ4v) is 4.23. The number of fused-ring (bicyclic) bond motifs is 2. The van der Waals surface area contributed by atoms with Crippen LogP contribution in [0.4, 0.5) is 10.1 Å². The van der Waals surface area contributed by atoms with Crippen molar-refractivity contribution in [3.8, 4) is 11.5 Å². The Morgan fingerprint density at radius 1 is 1.13 bits per heavy atom. The molecule has 1 N–H and O–H groups in total. The fraction of sp³-hybridized carbons (Fsp3) is 0.391. The smallest absolute Gasteiger partial charge is 0.310 e. The summed E-state index contributed by atoms with van der Waals surface area (Å²) in [5.41, 5.74) is 2.00. The van der Waals surface area contributed by atoms with Gasteiger partial charge in [0, 0.05) is 38.8 Å². The minimum absolute atomic E-state index is 0.359. The second-order valence-electron chi connectivity index (χ2n) is 8.50. The number of benzene rings is 2. The monoisotopic (exact) mass is 409 g/mol. The minimum atomic E-state index is -0.677. The standard InChI is InChI=1S/C23H24FN3O3/c1-15-2-4-17-19(12-15)30-20-13-16(24)3-5-18(20)25-21(17)27-10-8-26(9-11-27)14-23(6-7-23)22(28)29/h2-5,12-13H,6-11,14H2,1H3,(H,28,29). The quantitative estimate of drug-likeness (QED) is 0.835. The van der Waals surface area contributed by atoms with E-state index >= 15 is 0 Å². The van der Waals surface area contributed by atoms with Crippen LogP contribution in [-0.4, -0.2) is 59.4 Å². The summed E-state index contributed by atoms with van der Waals surface area (Å²) in [6, 6.07) is 10.4. The van der Waals surface area contributed by atoms with Gasteiger partial charge in [-0.05, 0) is 49.6 Å². The van der Waals surface area contributed by atoms with Crippen molar-refractivity contribution in [3.63, 3.8) is 0 Å². The van der Waals surface area contributed by atoms with Crippen molar-refractivity contribution in [1.29, 1.82) is 0 Å². The van der Waals surface area contributed by atoms with Crippen molar-refractivity contribution in [2.75, 3.05) is 32.7 Å². The molecule has 2 heterocycles. The highest BCUT2D eigenvalue weighted by atomic mass is 19.1. The number of hydrogen-bond acceptors (Lipinski definition) is 5. The van der Waals surface area contributed by atoms with E-state index in [1.54, 1.807) is 6.07 Å². The van der Waals surface area contributed by atoms with Gasteiger partial charge < -0.3 is 14.7 Å². The van der Waals surface area contributed by atoms with Gasteiger partial charge in [0.2, 0.25) is 0 Å². The predicted molar refractivity (Wildman–Crippen MR) is 111 cm³/mol. The van der Waals surface area contributed by atoms with Gasteiger partial charge in [-0.1, -0.05) is 6.07 Å². The summed E-state index contributed by atoms with van der Waals surface area (Å²) in [7, 11) is 0. The topological polar surface area (TPSA) is 65.4 Å². The van der Waals surface area contributed by atoms with Crippen LogP contribution in [0.2, 0.25) is 0 Å². The average molecular weight is 409 g/mol. The summed E-state index contributed by atoms with van der Waals surface area (Å²) in [4.78, 5) is 20.8. The van der Waals surface area contributed by atoms with Crippen LogP contribution in [0.3, 0.4) is 0 Å². The number of ether oxygens (including phenoxy) is 1. The van der Waals surface area contributed by atoms with E-state index in [2.05, 4.69) is 9.80 Å². The molecule has 0 spiro atoms. The van der Waals surface area contributed by atoms with Gasteiger partial charge in [0.15, 0.2) is 5.75 Å². The van der Waals surface area contributed by atoms with Crippen molar-refractivity contribution < 1.29 is 19.0 Å². The molecule has 0 atom stereocenters. The van der Waals surface area contributed by atoms with Crippen LogP contribution in [0.1, 0.15) is 24.0 Å². The first-order valence-corrected chi connectivity index (χ1v) is 10.3. The maximum Gasteiger partial charge on any atom is 0.310 e. The highest BCUT2D eigenvalue weighted by Crippen LogP contribution is 2.46. The van der Waals surface area contributed by atoms with Gasteiger partial charge in [0.05, 0.1) is 11.0 Å². The zero-order chi connectivity index (χ0) is 20.9. The molecule has 0 radical (unpaired) electrons. The lowest BCUT2D eigenvalue weighted by molar-refractivity contribution is -0.144. The molecule has 2 fully saturated rings. The van der Waals surface area contributed by atoms with Crippen LogP contribution in [-0.2, 0) is 4.79 Å². The van der Waals surface area contributed by atoms with Gasteiger partial charge in [0.1, 0.15) is 23.1 Å². The first-order chi connectivity index (χ1) is 14.4. The van der Waals surface area contributed by atoms with Gasteiger partial charge >= 0.3 is 5.97 Å². The SMILES string of the molecule is Cc1ccc2c(c1)Oc1cc(F)ccc1N=C2N1CCN(CC2(C(=O)O)CC2)CC1. The van der Waals surface area contributed by atoms with E-state index in [0.29, 0.717) is 23.7 Å². The molecule has 1 saturated carbocycles. The van der Waals surface area contributed by atoms with Gasteiger partial charge in [-0.3, -0.25) is 9.69 Å². The first-order valence-electron chi connectivity index (χ1n) is 10.3. The van der Waals surface area contributed by atoms with E-state index in [1.807, 2.05) is 25.1 Å². The molecule has 1 saturated heterocycles. The molecule has 2 aromatic carbocycles. The predicted octanol–water partition coefficient (Wildman–Crippen LogP) is 3.80. The number of halogens is 1. The Labute approximate surface area is 174 Å². The third-order valence-electron chi connectivity index (χ3n) is 6.25. The summed E-state index contributed by atoms with van der Waals surface area (Å²) >= 11 is 0. The Morgan fingerprint density at radius 3 is 2.60 bits per heavy atom. The van der Waals surface area contributed by atoms with Crippen LogP contribution < -0.4 is 4.74 Å². The Balaban J connectivity index is 1.42. The van der Waals surface area contributed by atoms with Crippen LogP contribution >= 0.6 is 0 Å². The molecular formula is C23H24FN3O3. The van der Waals surface area contributed by atoms with Crippen molar-refractivity contribution in [3.05, 3.63) is 53.3 Å². The number of carboxylic acids is 1. The summed E-state index contributed by atoms with van der Waals surface area (Å²) < 4.78 is 19.8. The molecule has 0 unspecified atom stereocenters. The molecule has 6 nitrogen and oxygen atoms in total. The summed E-state index contributed by atoms with van der Waals surface area (Å²) in [6.45, 7) is 5.67. The third-order valence-corrected chi connectivity index (χ3v) is 6.25. The van der Waals surface area contributed by atoms with Crippen molar-refractivity contribution >= 4 is 17.5 Å². The lowest BCUT2D eigenvalue weighted by atomic mass is 10.1. The zero-order valence-electron chi connectivity index (χ0n) is 16.9. The molecular weight excluding hydrogens is 385 g/mol. The molecule has 0 aromatic heterocycles. The second kappa shape index (κ2) is 7.09. The number of aryl methyl sites for hydroxylation is 1. The Bertz CT molecular complexity index is 1040. The van der Waals surface area contributed by atoms with Crippen LogP contribution in [0.5, 0.6) is 11.5 Å². The third kappa shape index (κ3) is 3.43. The molecule has 156 valence electrons. The number of amidine groups is 1. The molecule has 30 heavy (non-hydrogen) atoms. The van der Waals surface area contributed by atoms with Crippen LogP contribution in [0.25, 0.3) is 0 Å². The first kappa shape index (κ1) is 19.1. The zero-order valence-corrected chi connectivity index (χ0v) is 16.9. The normalized spacial score (nSPS) is 19.8. The fourth-order valence-electron chi connectivity index (χ4n) is 4.23. The van der Waals surface area contributed by atoms with Crippen molar-refractivity contribution in [2.45, 2.75) is 19.8 Å². The molecule has 1 aliphatic carbocycles. The van der Waals surface area contributed by atoms with Gasteiger partial charge in [-0.2, -0.15) is 0 Å². The van der Waals surface area contributed by atoms with E-state index in [9.17, 15) is 14.3 Å². The Hall–Kier alpha value is -2.93. The molecule has 3 aliphatic rings. The minimum Gasteiger partial charge on any atom is -0.481 e. The van der Waals surface area contributed by atoms with Crippen LogP contribution in [0, 0.1) is 18.2 Å². The largest absolute Gasteiger partial charge is 0.481 e. The molecule has 2 aromatic rings. The number of aliphatic carboxylic acids is 1. The van der Waals surface area contributed by atoms with E-state index in [1.165, 1.54) is 12.1 Å². The number of carboxylic acid groups (broad SMARTS) is 1. The molecule has 2 aliphatic heterocycles. The number of hydrogen-bond donors (Lipinski definition) is 1. The van der Waals surface area contributed by atoms with Gasteiger partial charge in [-0.15, -0.1) is 0 Å².